The van der Waals surface area contributed by atoms with E-state index < -0.39 is 0 Å². The highest BCUT2D eigenvalue weighted by atomic mass is 79.9. The number of aryl methyl sites for hydroxylation is 1. The number of nitrogens with two attached hydrogens (primary N) is 1. The average Bonchev–Trinajstić information content (AvgIpc) is 3.29. The molecule has 2 aromatic rings. The Morgan fingerprint density at radius 1 is 1.26 bits per heavy atom. The highest BCUT2D eigenvalue weighted by Crippen LogP contribution is 2.49. The standard InChI is InChI=1S/C18H19BrN2O.ClH/c1-12-6-7-13(20)10-14(12)17(22)21-11-18(8-9-18)15-4-2-3-5-16(15)19;/h2-7,10H,8-9,11,20H2,1H3,(H,21,22);1H. The van der Waals surface area contributed by atoms with Crippen LogP contribution in [-0.4, -0.2) is 12.5 Å². The van der Waals surface area contributed by atoms with E-state index in [-0.39, 0.29) is 23.7 Å². The van der Waals surface area contributed by atoms with E-state index in [1.807, 2.05) is 31.2 Å². The van der Waals surface area contributed by atoms with Gasteiger partial charge in [-0.05, 0) is 49.1 Å². The first-order valence-corrected chi connectivity index (χ1v) is 8.20. The number of carbonyl (C=O) groups excluding carboxylic acids is 1. The highest BCUT2D eigenvalue weighted by molar-refractivity contribution is 9.10. The van der Waals surface area contributed by atoms with Gasteiger partial charge < -0.3 is 11.1 Å². The van der Waals surface area contributed by atoms with Crippen LogP contribution in [-0.2, 0) is 5.41 Å². The van der Waals surface area contributed by atoms with Crippen molar-refractivity contribution in [2.75, 3.05) is 12.3 Å². The van der Waals surface area contributed by atoms with Gasteiger partial charge in [0.2, 0.25) is 0 Å². The molecule has 3 nitrogen and oxygen atoms in total. The Balaban J connectivity index is 0.00000192. The predicted octanol–water partition coefficient (Wildman–Crippen LogP) is 4.22. The second kappa shape index (κ2) is 6.93. The molecule has 5 heteroatoms. The SMILES string of the molecule is Cc1ccc(N)cc1C(=O)NCC1(c2ccccc2Br)CC1.Cl. The van der Waals surface area contributed by atoms with Crippen LogP contribution in [0.5, 0.6) is 0 Å². The summed E-state index contributed by atoms with van der Waals surface area (Å²) in [6, 6.07) is 13.7. The van der Waals surface area contributed by atoms with Crippen LogP contribution >= 0.6 is 28.3 Å². The van der Waals surface area contributed by atoms with Gasteiger partial charge in [-0.3, -0.25) is 4.79 Å². The van der Waals surface area contributed by atoms with E-state index in [4.69, 9.17) is 5.73 Å². The summed E-state index contributed by atoms with van der Waals surface area (Å²) in [7, 11) is 0. The number of nitrogens with one attached hydrogen (secondary N) is 1. The van der Waals surface area contributed by atoms with Crippen molar-refractivity contribution in [3.8, 4) is 0 Å². The van der Waals surface area contributed by atoms with Gasteiger partial charge in [-0.2, -0.15) is 0 Å². The van der Waals surface area contributed by atoms with E-state index in [2.05, 4.69) is 33.4 Å². The molecule has 0 aliphatic heterocycles. The third kappa shape index (κ3) is 3.70. The molecule has 1 fully saturated rings. The molecule has 0 heterocycles. The molecule has 23 heavy (non-hydrogen) atoms. The number of halogens is 2. The molecule has 2 aromatic carbocycles. The first kappa shape index (κ1) is 17.8. The minimum atomic E-state index is -0.0527. The molecule has 3 rings (SSSR count). The first-order valence-electron chi connectivity index (χ1n) is 7.41. The maximum Gasteiger partial charge on any atom is 0.251 e. The molecule has 0 unspecified atom stereocenters. The van der Waals surface area contributed by atoms with Gasteiger partial charge in [0.25, 0.3) is 5.91 Å². The molecule has 0 saturated heterocycles. The van der Waals surface area contributed by atoms with Crippen molar-refractivity contribution in [2.45, 2.75) is 25.2 Å². The van der Waals surface area contributed by atoms with Crippen LogP contribution in [0.1, 0.15) is 34.3 Å². The lowest BCUT2D eigenvalue weighted by molar-refractivity contribution is 0.0949. The normalized spacial score (nSPS) is 14.7. The number of anilines is 1. The number of carbonyl (C=O) groups is 1. The zero-order valence-electron chi connectivity index (χ0n) is 12.9. The number of rotatable bonds is 4. The maximum atomic E-state index is 12.4. The zero-order valence-corrected chi connectivity index (χ0v) is 15.3. The maximum absolute atomic E-state index is 12.4. The van der Waals surface area contributed by atoms with Gasteiger partial charge in [0.1, 0.15) is 0 Å². The second-order valence-electron chi connectivity index (χ2n) is 6.02. The van der Waals surface area contributed by atoms with Crippen LogP contribution in [0.4, 0.5) is 5.69 Å². The summed E-state index contributed by atoms with van der Waals surface area (Å²) < 4.78 is 1.11. The summed E-state index contributed by atoms with van der Waals surface area (Å²) >= 11 is 3.62. The summed E-state index contributed by atoms with van der Waals surface area (Å²) in [6.45, 7) is 2.58. The average molecular weight is 396 g/mol. The van der Waals surface area contributed by atoms with Crippen molar-refractivity contribution in [3.05, 3.63) is 63.6 Å². The molecule has 0 atom stereocenters. The predicted molar refractivity (Wildman–Crippen MR) is 100 cm³/mol. The molecule has 1 aliphatic carbocycles. The van der Waals surface area contributed by atoms with Gasteiger partial charge in [-0.15, -0.1) is 12.4 Å². The van der Waals surface area contributed by atoms with Crippen molar-refractivity contribution >= 4 is 39.9 Å². The molecule has 122 valence electrons. The van der Waals surface area contributed by atoms with Crippen molar-refractivity contribution < 1.29 is 4.79 Å². The number of nitrogen functional groups attached to an aromatic ring is 1. The van der Waals surface area contributed by atoms with E-state index in [0.717, 1.165) is 22.9 Å². The number of benzene rings is 2. The van der Waals surface area contributed by atoms with Crippen LogP contribution in [0.15, 0.2) is 46.9 Å². The quantitative estimate of drug-likeness (QED) is 0.761. The topological polar surface area (TPSA) is 55.1 Å². The molecule has 0 aromatic heterocycles. The van der Waals surface area contributed by atoms with Crippen LogP contribution in [0.3, 0.4) is 0 Å². The van der Waals surface area contributed by atoms with Gasteiger partial charge in [0.15, 0.2) is 0 Å². The molecular weight excluding hydrogens is 376 g/mol. The van der Waals surface area contributed by atoms with Gasteiger partial charge in [-0.25, -0.2) is 0 Å². The minimum Gasteiger partial charge on any atom is -0.399 e. The molecule has 3 N–H and O–H groups in total. The molecule has 0 spiro atoms. The summed E-state index contributed by atoms with van der Waals surface area (Å²) in [5.74, 6) is -0.0527. The summed E-state index contributed by atoms with van der Waals surface area (Å²) in [5.41, 5.74) is 9.35. The third-order valence-electron chi connectivity index (χ3n) is 4.39. The van der Waals surface area contributed by atoms with Gasteiger partial charge in [0.05, 0.1) is 0 Å². The van der Waals surface area contributed by atoms with Crippen LogP contribution < -0.4 is 11.1 Å². The highest BCUT2D eigenvalue weighted by Gasteiger charge is 2.45. The number of hydrogen-bond donors (Lipinski definition) is 2. The Morgan fingerprint density at radius 2 is 1.96 bits per heavy atom. The minimum absolute atomic E-state index is 0. The summed E-state index contributed by atoms with van der Waals surface area (Å²) in [5, 5.41) is 3.08. The van der Waals surface area contributed by atoms with Crippen LogP contribution in [0, 0.1) is 6.92 Å². The van der Waals surface area contributed by atoms with E-state index in [1.54, 1.807) is 6.07 Å². The lowest BCUT2D eigenvalue weighted by Crippen LogP contribution is -2.32. The Morgan fingerprint density at radius 3 is 2.61 bits per heavy atom. The molecule has 0 bridgehead atoms. The fourth-order valence-electron chi connectivity index (χ4n) is 2.81. The Hall–Kier alpha value is -1.52. The van der Waals surface area contributed by atoms with Crippen molar-refractivity contribution in [3.63, 3.8) is 0 Å². The monoisotopic (exact) mass is 394 g/mol. The summed E-state index contributed by atoms with van der Waals surface area (Å²) in [6.07, 6.45) is 2.21. The Labute approximate surface area is 151 Å². The van der Waals surface area contributed by atoms with Gasteiger partial charge in [-0.1, -0.05) is 40.2 Å². The van der Waals surface area contributed by atoms with Crippen LogP contribution in [0.2, 0.25) is 0 Å². The fourth-order valence-corrected chi connectivity index (χ4v) is 3.52. The molecule has 1 saturated carbocycles. The van der Waals surface area contributed by atoms with E-state index in [0.29, 0.717) is 17.8 Å². The molecule has 1 amide bonds. The van der Waals surface area contributed by atoms with Crippen molar-refractivity contribution in [1.29, 1.82) is 0 Å². The first-order chi connectivity index (χ1) is 10.5. The van der Waals surface area contributed by atoms with E-state index in [9.17, 15) is 4.79 Å². The van der Waals surface area contributed by atoms with E-state index in [1.165, 1.54) is 5.56 Å². The zero-order chi connectivity index (χ0) is 15.7. The lowest BCUT2D eigenvalue weighted by atomic mass is 9.95. The largest absolute Gasteiger partial charge is 0.399 e. The van der Waals surface area contributed by atoms with Crippen LogP contribution in [0.25, 0.3) is 0 Å². The Kier molecular flexibility index (Phi) is 5.37. The van der Waals surface area contributed by atoms with Gasteiger partial charge >= 0.3 is 0 Å². The molecule has 0 radical (unpaired) electrons. The summed E-state index contributed by atoms with van der Waals surface area (Å²) in [4.78, 5) is 12.4. The van der Waals surface area contributed by atoms with Crippen molar-refractivity contribution in [2.24, 2.45) is 0 Å². The number of amides is 1. The van der Waals surface area contributed by atoms with E-state index >= 15 is 0 Å². The van der Waals surface area contributed by atoms with Crippen molar-refractivity contribution in [1.82, 2.24) is 5.32 Å². The number of hydrogen-bond acceptors (Lipinski definition) is 2. The smallest absolute Gasteiger partial charge is 0.251 e. The Bertz CT molecular complexity index is 729. The van der Waals surface area contributed by atoms with Gasteiger partial charge in [0, 0.05) is 27.7 Å². The fraction of sp³-hybridized carbons (Fsp3) is 0.278. The third-order valence-corrected chi connectivity index (χ3v) is 5.08. The second-order valence-corrected chi connectivity index (χ2v) is 6.87. The molecular formula is C18H20BrClN2O. The lowest BCUT2D eigenvalue weighted by Gasteiger charge is -2.18. The molecule has 1 aliphatic rings.